The molecular weight excluding hydrogens is 128 g/mol. The average molecular weight is 140 g/mol. The zero-order valence-electron chi connectivity index (χ0n) is 6.00. The fourth-order valence-corrected chi connectivity index (χ4v) is 0.799. The van der Waals surface area contributed by atoms with E-state index in [0.717, 1.165) is 12.0 Å². The molecule has 0 saturated carbocycles. The zero-order chi connectivity index (χ0) is 7.56. The quantitative estimate of drug-likeness (QED) is 0.650. The lowest BCUT2D eigenvalue weighted by Gasteiger charge is -2.02. The van der Waals surface area contributed by atoms with Gasteiger partial charge in [0.25, 0.3) is 0 Å². The van der Waals surface area contributed by atoms with E-state index in [1.807, 2.05) is 6.92 Å². The van der Waals surface area contributed by atoms with E-state index in [1.165, 1.54) is 0 Å². The first-order chi connectivity index (χ1) is 4.74. The molecule has 0 fully saturated rings. The van der Waals surface area contributed by atoms with Crippen LogP contribution in [-0.2, 0) is 0 Å². The highest BCUT2D eigenvalue weighted by molar-refractivity contribution is 5.30. The average Bonchev–Trinajstić information content (AvgIpc) is 2.34. The smallest absolute Gasteiger partial charge is 0.190 e. The van der Waals surface area contributed by atoms with Gasteiger partial charge in [0, 0.05) is 17.7 Å². The Morgan fingerprint density at radius 2 is 2.40 bits per heavy atom. The molecule has 0 radical (unpaired) electrons. The SMILES string of the molecule is CCC(N)c1coc(N)c1. The molecule has 0 aliphatic heterocycles. The maximum atomic E-state index is 5.69. The van der Waals surface area contributed by atoms with Crippen molar-refractivity contribution in [2.75, 3.05) is 5.73 Å². The summed E-state index contributed by atoms with van der Waals surface area (Å²) in [5.74, 6) is 0.430. The van der Waals surface area contributed by atoms with Crippen LogP contribution in [0.5, 0.6) is 0 Å². The first-order valence-corrected chi connectivity index (χ1v) is 3.33. The van der Waals surface area contributed by atoms with E-state index in [-0.39, 0.29) is 6.04 Å². The summed E-state index contributed by atoms with van der Waals surface area (Å²) in [6.07, 6.45) is 2.50. The van der Waals surface area contributed by atoms with Gasteiger partial charge in [-0.25, -0.2) is 0 Å². The Labute approximate surface area is 60.0 Å². The highest BCUT2D eigenvalue weighted by Crippen LogP contribution is 2.17. The Kier molecular flexibility index (Phi) is 1.97. The minimum Gasteiger partial charge on any atom is -0.449 e. The van der Waals surface area contributed by atoms with Gasteiger partial charge in [0.1, 0.15) is 0 Å². The van der Waals surface area contributed by atoms with Crippen molar-refractivity contribution in [2.24, 2.45) is 5.73 Å². The van der Waals surface area contributed by atoms with Crippen LogP contribution in [0.1, 0.15) is 24.9 Å². The molecule has 1 atom stereocenters. The minimum atomic E-state index is 0.0565. The topological polar surface area (TPSA) is 65.2 Å². The summed E-state index contributed by atoms with van der Waals surface area (Å²) in [7, 11) is 0. The molecule has 1 rings (SSSR count). The molecule has 10 heavy (non-hydrogen) atoms. The third kappa shape index (κ3) is 1.30. The van der Waals surface area contributed by atoms with Gasteiger partial charge in [0.05, 0.1) is 6.26 Å². The van der Waals surface area contributed by atoms with Crippen LogP contribution in [0.4, 0.5) is 5.88 Å². The number of nitrogens with two attached hydrogens (primary N) is 2. The van der Waals surface area contributed by atoms with Crippen molar-refractivity contribution in [3.8, 4) is 0 Å². The van der Waals surface area contributed by atoms with Gasteiger partial charge in [-0.05, 0) is 6.42 Å². The molecule has 1 unspecified atom stereocenters. The predicted octanol–water partition coefficient (Wildman–Crippen LogP) is 1.27. The highest BCUT2D eigenvalue weighted by Gasteiger charge is 2.05. The Balaban J connectivity index is 2.74. The summed E-state index contributed by atoms with van der Waals surface area (Å²) in [6, 6.07) is 1.81. The normalized spacial score (nSPS) is 13.4. The second kappa shape index (κ2) is 2.75. The van der Waals surface area contributed by atoms with Gasteiger partial charge in [0.15, 0.2) is 5.88 Å². The zero-order valence-corrected chi connectivity index (χ0v) is 6.00. The lowest BCUT2D eigenvalue weighted by Crippen LogP contribution is -2.06. The fraction of sp³-hybridized carbons (Fsp3) is 0.429. The molecule has 56 valence electrons. The first kappa shape index (κ1) is 7.15. The van der Waals surface area contributed by atoms with Crippen molar-refractivity contribution >= 4 is 5.88 Å². The summed E-state index contributed by atoms with van der Waals surface area (Å²) < 4.78 is 4.89. The van der Waals surface area contributed by atoms with E-state index < -0.39 is 0 Å². The maximum absolute atomic E-state index is 5.69. The maximum Gasteiger partial charge on any atom is 0.190 e. The molecule has 0 aromatic carbocycles. The van der Waals surface area contributed by atoms with Crippen LogP contribution in [0.2, 0.25) is 0 Å². The van der Waals surface area contributed by atoms with E-state index in [2.05, 4.69) is 0 Å². The third-order valence-electron chi connectivity index (χ3n) is 1.51. The predicted molar refractivity (Wildman–Crippen MR) is 40.3 cm³/mol. The van der Waals surface area contributed by atoms with E-state index >= 15 is 0 Å². The summed E-state index contributed by atoms with van der Waals surface area (Å²) in [4.78, 5) is 0. The summed E-state index contributed by atoms with van der Waals surface area (Å²) in [6.45, 7) is 2.02. The number of furan rings is 1. The lowest BCUT2D eigenvalue weighted by atomic mass is 10.1. The largest absolute Gasteiger partial charge is 0.449 e. The van der Waals surface area contributed by atoms with E-state index in [1.54, 1.807) is 12.3 Å². The van der Waals surface area contributed by atoms with Crippen LogP contribution >= 0.6 is 0 Å². The van der Waals surface area contributed by atoms with Gasteiger partial charge < -0.3 is 15.9 Å². The van der Waals surface area contributed by atoms with Gasteiger partial charge in [-0.2, -0.15) is 0 Å². The van der Waals surface area contributed by atoms with Crippen LogP contribution < -0.4 is 11.5 Å². The molecule has 1 heterocycles. The van der Waals surface area contributed by atoms with Crippen molar-refractivity contribution in [2.45, 2.75) is 19.4 Å². The molecule has 1 aromatic heterocycles. The van der Waals surface area contributed by atoms with Crippen LogP contribution in [-0.4, -0.2) is 0 Å². The minimum absolute atomic E-state index is 0.0565. The number of anilines is 1. The van der Waals surface area contributed by atoms with Crippen molar-refractivity contribution in [3.05, 3.63) is 17.9 Å². The second-order valence-corrected chi connectivity index (χ2v) is 2.30. The van der Waals surface area contributed by atoms with Gasteiger partial charge >= 0.3 is 0 Å². The van der Waals surface area contributed by atoms with Crippen molar-refractivity contribution in [1.29, 1.82) is 0 Å². The lowest BCUT2D eigenvalue weighted by molar-refractivity contribution is 0.575. The Morgan fingerprint density at radius 3 is 2.80 bits per heavy atom. The number of hydrogen-bond acceptors (Lipinski definition) is 3. The molecule has 0 bridgehead atoms. The van der Waals surface area contributed by atoms with E-state index in [9.17, 15) is 0 Å². The molecule has 3 heteroatoms. The highest BCUT2D eigenvalue weighted by atomic mass is 16.3. The Morgan fingerprint density at radius 1 is 1.70 bits per heavy atom. The second-order valence-electron chi connectivity index (χ2n) is 2.30. The number of hydrogen-bond donors (Lipinski definition) is 2. The molecular formula is C7H12N2O. The van der Waals surface area contributed by atoms with Crippen LogP contribution in [0.3, 0.4) is 0 Å². The molecule has 1 aromatic rings. The van der Waals surface area contributed by atoms with Gasteiger partial charge in [-0.15, -0.1) is 0 Å². The molecule has 0 aliphatic rings. The Hall–Kier alpha value is -0.960. The van der Waals surface area contributed by atoms with Crippen molar-refractivity contribution in [3.63, 3.8) is 0 Å². The van der Waals surface area contributed by atoms with Crippen LogP contribution in [0.15, 0.2) is 16.7 Å². The fourth-order valence-electron chi connectivity index (χ4n) is 0.799. The van der Waals surface area contributed by atoms with E-state index in [4.69, 9.17) is 15.9 Å². The molecule has 4 N–H and O–H groups in total. The monoisotopic (exact) mass is 140 g/mol. The summed E-state index contributed by atoms with van der Waals surface area (Å²) >= 11 is 0. The van der Waals surface area contributed by atoms with Gasteiger partial charge in [-0.1, -0.05) is 6.92 Å². The molecule has 0 amide bonds. The summed E-state index contributed by atoms with van der Waals surface area (Å²) in [5.41, 5.74) is 12.0. The standard InChI is InChI=1S/C7H12N2O/c1-2-6(8)5-3-7(9)10-4-5/h3-4,6H,2,8-9H2,1H3. The Bertz CT molecular complexity index is 207. The van der Waals surface area contributed by atoms with Crippen molar-refractivity contribution < 1.29 is 4.42 Å². The first-order valence-electron chi connectivity index (χ1n) is 3.33. The summed E-state index contributed by atoms with van der Waals surface area (Å²) in [5, 5.41) is 0. The number of nitrogen functional groups attached to an aromatic ring is 1. The molecule has 3 nitrogen and oxygen atoms in total. The number of rotatable bonds is 2. The molecule has 0 aliphatic carbocycles. The van der Waals surface area contributed by atoms with Crippen LogP contribution in [0.25, 0.3) is 0 Å². The van der Waals surface area contributed by atoms with Gasteiger partial charge in [0.2, 0.25) is 0 Å². The van der Waals surface area contributed by atoms with Crippen LogP contribution in [0, 0.1) is 0 Å². The molecule has 0 spiro atoms. The molecule has 0 saturated heterocycles. The van der Waals surface area contributed by atoms with E-state index in [0.29, 0.717) is 5.88 Å². The third-order valence-corrected chi connectivity index (χ3v) is 1.51. The van der Waals surface area contributed by atoms with Gasteiger partial charge in [-0.3, -0.25) is 0 Å². The van der Waals surface area contributed by atoms with Crippen molar-refractivity contribution in [1.82, 2.24) is 0 Å².